The Bertz CT molecular complexity index is 879. The van der Waals surface area contributed by atoms with E-state index >= 15 is 0 Å². The van der Waals surface area contributed by atoms with E-state index in [9.17, 15) is 9.59 Å². The predicted molar refractivity (Wildman–Crippen MR) is 117 cm³/mol. The van der Waals surface area contributed by atoms with Crippen LogP contribution in [0.5, 0.6) is 5.75 Å². The summed E-state index contributed by atoms with van der Waals surface area (Å²) in [5, 5.41) is 2.93. The van der Waals surface area contributed by atoms with Gasteiger partial charge in [0, 0.05) is 24.9 Å². The maximum Gasteiger partial charge on any atom is 0.254 e. The molecule has 1 saturated heterocycles. The lowest BCUT2D eigenvalue weighted by Crippen LogP contribution is -2.35. The SMILES string of the molecule is Cc1cc(C)c(NC(=O)CN(C)C(=O)c2ccc(OC[C@@H]3CCCO3)cc2)c(C)c1. The third kappa shape index (κ3) is 5.60. The van der Waals surface area contributed by atoms with Gasteiger partial charge in [0.25, 0.3) is 5.91 Å². The van der Waals surface area contributed by atoms with Gasteiger partial charge in [0.05, 0.1) is 12.6 Å². The van der Waals surface area contributed by atoms with E-state index in [1.54, 1.807) is 31.3 Å². The Kier molecular flexibility index (Phi) is 7.11. The number of benzene rings is 2. The van der Waals surface area contributed by atoms with Crippen LogP contribution < -0.4 is 10.1 Å². The monoisotopic (exact) mass is 410 g/mol. The molecule has 1 aliphatic rings. The highest BCUT2D eigenvalue weighted by Gasteiger charge is 2.18. The minimum absolute atomic E-state index is 0.0249. The van der Waals surface area contributed by atoms with Crippen LogP contribution in [0.15, 0.2) is 36.4 Å². The molecule has 30 heavy (non-hydrogen) atoms. The van der Waals surface area contributed by atoms with Crippen LogP contribution in [-0.2, 0) is 9.53 Å². The van der Waals surface area contributed by atoms with E-state index in [2.05, 4.69) is 5.32 Å². The summed E-state index contributed by atoms with van der Waals surface area (Å²) in [6, 6.07) is 11.0. The average molecular weight is 411 g/mol. The number of aryl methyl sites for hydroxylation is 3. The van der Waals surface area contributed by atoms with Crippen LogP contribution in [0.3, 0.4) is 0 Å². The fourth-order valence-electron chi connectivity index (χ4n) is 3.72. The Labute approximate surface area is 178 Å². The number of hydrogen-bond acceptors (Lipinski definition) is 4. The average Bonchev–Trinajstić information content (AvgIpc) is 3.22. The first-order valence-corrected chi connectivity index (χ1v) is 10.3. The second-order valence-corrected chi connectivity index (χ2v) is 7.95. The smallest absolute Gasteiger partial charge is 0.254 e. The summed E-state index contributed by atoms with van der Waals surface area (Å²) in [6.45, 7) is 7.25. The van der Waals surface area contributed by atoms with Crippen molar-refractivity contribution in [1.29, 1.82) is 0 Å². The third-order valence-corrected chi connectivity index (χ3v) is 5.23. The fourth-order valence-corrected chi connectivity index (χ4v) is 3.72. The molecule has 0 aromatic heterocycles. The first-order valence-electron chi connectivity index (χ1n) is 10.3. The molecule has 0 saturated carbocycles. The van der Waals surface area contributed by atoms with E-state index in [0.29, 0.717) is 17.9 Å². The van der Waals surface area contributed by atoms with Crippen molar-refractivity contribution < 1.29 is 19.1 Å². The second kappa shape index (κ2) is 9.76. The lowest BCUT2D eigenvalue weighted by atomic mass is 10.1. The highest BCUT2D eigenvalue weighted by atomic mass is 16.5. The van der Waals surface area contributed by atoms with Gasteiger partial charge in [-0.1, -0.05) is 17.7 Å². The molecule has 6 heteroatoms. The molecule has 0 unspecified atom stereocenters. The van der Waals surface area contributed by atoms with Gasteiger partial charge in [-0.25, -0.2) is 0 Å². The van der Waals surface area contributed by atoms with Crippen LogP contribution in [0.25, 0.3) is 0 Å². The van der Waals surface area contributed by atoms with E-state index in [0.717, 1.165) is 41.8 Å². The van der Waals surface area contributed by atoms with Crippen LogP contribution in [0.4, 0.5) is 5.69 Å². The molecule has 160 valence electrons. The topological polar surface area (TPSA) is 67.9 Å². The van der Waals surface area contributed by atoms with Crippen molar-refractivity contribution in [1.82, 2.24) is 4.90 Å². The van der Waals surface area contributed by atoms with Crippen LogP contribution in [0.2, 0.25) is 0 Å². The number of carbonyl (C=O) groups excluding carboxylic acids is 2. The van der Waals surface area contributed by atoms with Crippen molar-refractivity contribution in [2.45, 2.75) is 39.7 Å². The van der Waals surface area contributed by atoms with Crippen molar-refractivity contribution in [3.8, 4) is 5.75 Å². The fraction of sp³-hybridized carbons (Fsp3) is 0.417. The zero-order chi connectivity index (χ0) is 21.7. The molecule has 1 fully saturated rings. The summed E-state index contributed by atoms with van der Waals surface area (Å²) in [5.74, 6) is 0.262. The minimum atomic E-state index is -0.225. The highest BCUT2D eigenvalue weighted by molar-refractivity contribution is 5.99. The molecule has 1 N–H and O–H groups in total. The van der Waals surface area contributed by atoms with Crippen molar-refractivity contribution in [2.75, 3.05) is 32.1 Å². The number of nitrogens with one attached hydrogen (secondary N) is 1. The summed E-state index contributed by atoms with van der Waals surface area (Å²) in [5.41, 5.74) is 4.48. The summed E-state index contributed by atoms with van der Waals surface area (Å²) >= 11 is 0. The second-order valence-electron chi connectivity index (χ2n) is 7.95. The Morgan fingerprint density at radius 2 is 1.80 bits per heavy atom. The summed E-state index contributed by atoms with van der Waals surface area (Å²) < 4.78 is 11.3. The van der Waals surface area contributed by atoms with E-state index < -0.39 is 0 Å². The molecule has 3 rings (SSSR count). The number of ether oxygens (including phenoxy) is 2. The molecule has 0 spiro atoms. The Hall–Kier alpha value is -2.86. The highest BCUT2D eigenvalue weighted by Crippen LogP contribution is 2.22. The molecule has 6 nitrogen and oxygen atoms in total. The number of anilines is 1. The molecule has 0 aliphatic carbocycles. The number of nitrogens with zero attached hydrogens (tertiary/aromatic N) is 1. The van der Waals surface area contributed by atoms with Gasteiger partial charge in [0.1, 0.15) is 12.4 Å². The van der Waals surface area contributed by atoms with Gasteiger partial charge in [-0.2, -0.15) is 0 Å². The lowest BCUT2D eigenvalue weighted by molar-refractivity contribution is -0.116. The van der Waals surface area contributed by atoms with Crippen molar-refractivity contribution in [3.63, 3.8) is 0 Å². The Balaban J connectivity index is 1.54. The van der Waals surface area contributed by atoms with Crippen molar-refractivity contribution >= 4 is 17.5 Å². The van der Waals surface area contributed by atoms with Crippen LogP contribution in [0, 0.1) is 20.8 Å². The van der Waals surface area contributed by atoms with Gasteiger partial charge in [0.15, 0.2) is 0 Å². The largest absolute Gasteiger partial charge is 0.491 e. The Morgan fingerprint density at radius 1 is 1.13 bits per heavy atom. The number of likely N-dealkylation sites (N-methyl/N-ethyl adjacent to an activating group) is 1. The third-order valence-electron chi connectivity index (χ3n) is 5.23. The number of hydrogen-bond donors (Lipinski definition) is 1. The summed E-state index contributed by atoms with van der Waals surface area (Å²) in [6.07, 6.45) is 2.24. The van der Waals surface area contributed by atoms with Crippen LogP contribution in [0.1, 0.15) is 39.9 Å². The normalized spacial score (nSPS) is 15.7. The number of carbonyl (C=O) groups is 2. The maximum absolute atomic E-state index is 12.7. The minimum Gasteiger partial charge on any atom is -0.491 e. The van der Waals surface area contributed by atoms with Gasteiger partial charge in [-0.05, 0) is 69.0 Å². The van der Waals surface area contributed by atoms with E-state index in [4.69, 9.17) is 9.47 Å². The van der Waals surface area contributed by atoms with Gasteiger partial charge in [0.2, 0.25) is 5.91 Å². The zero-order valence-corrected chi connectivity index (χ0v) is 18.2. The first kappa shape index (κ1) is 21.8. The van der Waals surface area contributed by atoms with Crippen LogP contribution in [-0.4, -0.2) is 49.6 Å². The van der Waals surface area contributed by atoms with Gasteiger partial charge in [-0.3, -0.25) is 9.59 Å². The van der Waals surface area contributed by atoms with Crippen molar-refractivity contribution in [3.05, 3.63) is 58.7 Å². The molecule has 0 bridgehead atoms. The Morgan fingerprint density at radius 3 is 2.40 bits per heavy atom. The van der Waals surface area contributed by atoms with Gasteiger partial charge < -0.3 is 19.7 Å². The van der Waals surface area contributed by atoms with Crippen molar-refractivity contribution in [2.24, 2.45) is 0 Å². The number of amides is 2. The van der Waals surface area contributed by atoms with Gasteiger partial charge >= 0.3 is 0 Å². The quantitative estimate of drug-likeness (QED) is 0.752. The molecule has 2 amide bonds. The summed E-state index contributed by atoms with van der Waals surface area (Å²) in [4.78, 5) is 26.6. The lowest BCUT2D eigenvalue weighted by Gasteiger charge is -2.19. The molecule has 1 heterocycles. The zero-order valence-electron chi connectivity index (χ0n) is 18.2. The molecule has 2 aromatic rings. The standard InChI is InChI=1S/C24H30N2O4/c1-16-12-17(2)23(18(3)13-16)25-22(27)14-26(4)24(28)19-7-9-20(10-8-19)30-15-21-6-5-11-29-21/h7-10,12-13,21H,5-6,11,14-15H2,1-4H3,(H,25,27)/t21-/m0/s1. The maximum atomic E-state index is 12.7. The molecule has 2 aromatic carbocycles. The number of rotatable bonds is 7. The summed E-state index contributed by atoms with van der Waals surface area (Å²) in [7, 11) is 1.62. The van der Waals surface area contributed by atoms with E-state index in [1.165, 1.54) is 4.90 Å². The van der Waals surface area contributed by atoms with E-state index in [1.807, 2.05) is 32.9 Å². The molecule has 1 aliphatic heterocycles. The molecule has 1 atom stereocenters. The molecular formula is C24H30N2O4. The molecular weight excluding hydrogens is 380 g/mol. The predicted octanol–water partition coefficient (Wildman–Crippen LogP) is 3.88. The first-order chi connectivity index (χ1) is 14.3. The molecule has 0 radical (unpaired) electrons. The van der Waals surface area contributed by atoms with E-state index in [-0.39, 0.29) is 24.5 Å². The van der Waals surface area contributed by atoms with Crippen LogP contribution >= 0.6 is 0 Å². The van der Waals surface area contributed by atoms with Gasteiger partial charge in [-0.15, -0.1) is 0 Å².